The van der Waals surface area contributed by atoms with Crippen LogP contribution in [0.3, 0.4) is 0 Å². The molecule has 1 aliphatic heterocycles. The van der Waals surface area contributed by atoms with E-state index in [2.05, 4.69) is 0 Å². The first kappa shape index (κ1) is 21.7. The molecular weight excluding hydrogens is 436 g/mol. The first-order chi connectivity index (χ1) is 15.3. The van der Waals surface area contributed by atoms with Crippen molar-refractivity contribution in [3.8, 4) is 11.1 Å². The van der Waals surface area contributed by atoms with Crippen molar-refractivity contribution in [3.05, 3.63) is 59.1 Å². The molecule has 2 aliphatic rings. The predicted molar refractivity (Wildman–Crippen MR) is 114 cm³/mol. The molecule has 1 heterocycles. The number of urea groups is 1. The molecule has 4 amide bonds. The predicted octanol–water partition coefficient (Wildman–Crippen LogP) is 3.00. The lowest BCUT2D eigenvalue weighted by Crippen LogP contribution is -2.39. The summed E-state index contributed by atoms with van der Waals surface area (Å²) >= 11 is 5.91. The third-order valence-electron chi connectivity index (χ3n) is 6.08. The highest BCUT2D eigenvalue weighted by Gasteiger charge is 2.48. The van der Waals surface area contributed by atoms with Crippen molar-refractivity contribution in [2.24, 2.45) is 17.8 Å². The Balaban J connectivity index is 1.51. The minimum atomic E-state index is -1.16. The van der Waals surface area contributed by atoms with Crippen LogP contribution in [0.5, 0.6) is 0 Å². The SMILES string of the molecule is O=C1NC(=O)N(CC2CCC(C(=O)c3ccc(-c4ccc(Cl)cc4)cc3)C2C(=O)O)C1=O. The number of halogens is 1. The first-order valence-electron chi connectivity index (χ1n) is 10.1. The lowest BCUT2D eigenvalue weighted by atomic mass is 9.84. The van der Waals surface area contributed by atoms with Crippen LogP contribution in [0.15, 0.2) is 48.5 Å². The maximum Gasteiger partial charge on any atom is 0.331 e. The highest BCUT2D eigenvalue weighted by Crippen LogP contribution is 2.40. The Morgan fingerprint density at radius 3 is 2.09 bits per heavy atom. The third kappa shape index (κ3) is 4.01. The minimum Gasteiger partial charge on any atom is -0.481 e. The van der Waals surface area contributed by atoms with Crippen molar-refractivity contribution in [1.29, 1.82) is 0 Å². The fourth-order valence-corrected chi connectivity index (χ4v) is 4.60. The van der Waals surface area contributed by atoms with E-state index in [4.69, 9.17) is 11.6 Å². The molecule has 2 N–H and O–H groups in total. The number of carboxylic acid groups (broad SMARTS) is 1. The molecule has 2 fully saturated rings. The van der Waals surface area contributed by atoms with Crippen molar-refractivity contribution < 1.29 is 29.1 Å². The lowest BCUT2D eigenvalue weighted by Gasteiger charge is -2.23. The number of amides is 4. The maximum atomic E-state index is 13.1. The van der Waals surface area contributed by atoms with Gasteiger partial charge in [-0.25, -0.2) is 4.79 Å². The normalized spacial score (nSPS) is 22.8. The summed E-state index contributed by atoms with van der Waals surface area (Å²) in [7, 11) is 0. The summed E-state index contributed by atoms with van der Waals surface area (Å²) in [6.45, 7) is -0.216. The van der Waals surface area contributed by atoms with Crippen LogP contribution in [-0.4, -0.2) is 46.1 Å². The van der Waals surface area contributed by atoms with E-state index >= 15 is 0 Å². The minimum absolute atomic E-state index is 0.216. The number of nitrogens with one attached hydrogen (secondary N) is 1. The Morgan fingerprint density at radius 2 is 1.56 bits per heavy atom. The zero-order valence-corrected chi connectivity index (χ0v) is 17.5. The number of rotatable bonds is 6. The van der Waals surface area contributed by atoms with Gasteiger partial charge in [-0.15, -0.1) is 0 Å². The first-order valence-corrected chi connectivity index (χ1v) is 10.4. The van der Waals surface area contributed by atoms with Crippen molar-refractivity contribution in [2.45, 2.75) is 12.8 Å². The number of Topliss-reactive ketones (excluding diaryl/α,β-unsaturated/α-hetero) is 1. The summed E-state index contributed by atoms with van der Waals surface area (Å²) < 4.78 is 0. The zero-order valence-electron chi connectivity index (χ0n) is 16.8. The fraction of sp³-hybridized carbons (Fsp3) is 0.261. The van der Waals surface area contributed by atoms with Gasteiger partial charge in [-0.05, 0) is 42.0 Å². The summed E-state index contributed by atoms with van der Waals surface area (Å²) in [5.41, 5.74) is 2.21. The van der Waals surface area contributed by atoms with Crippen LogP contribution in [0, 0.1) is 17.8 Å². The van der Waals surface area contributed by atoms with Gasteiger partial charge in [-0.3, -0.25) is 29.4 Å². The van der Waals surface area contributed by atoms with Crippen molar-refractivity contribution in [2.75, 3.05) is 6.54 Å². The highest BCUT2D eigenvalue weighted by molar-refractivity contribution is 6.44. The molecule has 32 heavy (non-hydrogen) atoms. The number of benzene rings is 2. The number of carbonyl (C=O) groups is 5. The van der Waals surface area contributed by atoms with Crippen LogP contribution in [-0.2, 0) is 14.4 Å². The number of nitrogens with zero attached hydrogens (tertiary/aromatic N) is 1. The molecule has 164 valence electrons. The number of carboxylic acids is 1. The lowest BCUT2D eigenvalue weighted by molar-refractivity contribution is -0.145. The van der Waals surface area contributed by atoms with Crippen molar-refractivity contribution >= 4 is 41.2 Å². The maximum absolute atomic E-state index is 13.1. The number of ketones is 1. The van der Waals surface area contributed by atoms with Gasteiger partial charge in [0.05, 0.1) is 5.92 Å². The molecule has 2 aromatic carbocycles. The van der Waals surface area contributed by atoms with Gasteiger partial charge in [0.2, 0.25) is 0 Å². The second-order valence-electron chi connectivity index (χ2n) is 7.93. The van der Waals surface area contributed by atoms with Gasteiger partial charge < -0.3 is 5.11 Å². The molecule has 3 unspecified atom stereocenters. The van der Waals surface area contributed by atoms with E-state index in [0.29, 0.717) is 23.4 Å². The molecule has 8 nitrogen and oxygen atoms in total. The Bertz CT molecular complexity index is 1110. The van der Waals surface area contributed by atoms with Crippen LogP contribution in [0.25, 0.3) is 11.1 Å². The molecule has 0 bridgehead atoms. The number of hydrogen-bond donors (Lipinski definition) is 2. The van der Waals surface area contributed by atoms with Crippen LogP contribution in [0.1, 0.15) is 23.2 Å². The van der Waals surface area contributed by atoms with E-state index in [1.165, 1.54) is 0 Å². The van der Waals surface area contributed by atoms with Gasteiger partial charge in [0.15, 0.2) is 5.78 Å². The van der Waals surface area contributed by atoms with Crippen molar-refractivity contribution in [1.82, 2.24) is 10.2 Å². The molecule has 1 aliphatic carbocycles. The number of carbonyl (C=O) groups excluding carboxylic acids is 4. The van der Waals surface area contributed by atoms with E-state index in [1.54, 1.807) is 36.4 Å². The largest absolute Gasteiger partial charge is 0.481 e. The smallest absolute Gasteiger partial charge is 0.331 e. The molecule has 0 radical (unpaired) electrons. The van der Waals surface area contributed by atoms with Gasteiger partial charge >= 0.3 is 23.8 Å². The van der Waals surface area contributed by atoms with E-state index in [9.17, 15) is 29.1 Å². The molecule has 2 aromatic rings. The van der Waals surface area contributed by atoms with Crippen molar-refractivity contribution in [3.63, 3.8) is 0 Å². The topological polar surface area (TPSA) is 121 Å². The third-order valence-corrected chi connectivity index (χ3v) is 6.33. The number of hydrogen-bond acceptors (Lipinski definition) is 5. The second kappa shape index (κ2) is 8.55. The Kier molecular flexibility index (Phi) is 5.80. The number of imide groups is 2. The summed E-state index contributed by atoms with van der Waals surface area (Å²) in [6.07, 6.45) is 0.665. The van der Waals surface area contributed by atoms with E-state index in [1.807, 2.05) is 17.4 Å². The molecular formula is C23H19ClN2O6. The molecule has 1 saturated heterocycles. The summed E-state index contributed by atoms with van der Waals surface area (Å²) in [4.78, 5) is 60.9. The summed E-state index contributed by atoms with van der Waals surface area (Å²) in [6, 6.07) is 13.3. The number of aliphatic carboxylic acids is 1. The van der Waals surface area contributed by atoms with E-state index < -0.39 is 41.6 Å². The molecule has 3 atom stereocenters. The van der Waals surface area contributed by atoms with E-state index in [-0.39, 0.29) is 12.3 Å². The van der Waals surface area contributed by atoms with Crippen LogP contribution < -0.4 is 5.32 Å². The molecule has 9 heteroatoms. The van der Waals surface area contributed by atoms with Gasteiger partial charge in [0.25, 0.3) is 0 Å². The van der Waals surface area contributed by atoms with Crippen LogP contribution in [0.2, 0.25) is 5.02 Å². The Labute approximate surface area is 188 Å². The monoisotopic (exact) mass is 454 g/mol. The molecule has 0 spiro atoms. The molecule has 1 saturated carbocycles. The standard InChI is InChI=1S/C23H19ClN2O6/c24-16-8-5-13(6-9-16)12-1-3-14(4-2-12)19(27)17-10-7-15(18(17)22(30)31)11-26-21(29)20(28)25-23(26)32/h1-6,8-9,15,17-18H,7,10-11H2,(H,30,31)(H,25,28,32). The average Bonchev–Trinajstić information content (AvgIpc) is 3.30. The van der Waals surface area contributed by atoms with Crippen LogP contribution >= 0.6 is 11.6 Å². The fourth-order valence-electron chi connectivity index (χ4n) is 4.47. The Hall–Kier alpha value is -3.52. The highest BCUT2D eigenvalue weighted by atomic mass is 35.5. The second-order valence-corrected chi connectivity index (χ2v) is 8.37. The van der Waals surface area contributed by atoms with Gasteiger partial charge in [-0.1, -0.05) is 48.0 Å². The average molecular weight is 455 g/mol. The quantitative estimate of drug-likeness (QED) is 0.393. The molecule has 0 aromatic heterocycles. The molecule has 4 rings (SSSR count). The van der Waals surface area contributed by atoms with Gasteiger partial charge in [0, 0.05) is 23.0 Å². The summed E-state index contributed by atoms with van der Waals surface area (Å²) in [5.74, 6) is -5.96. The van der Waals surface area contributed by atoms with Crippen LogP contribution in [0.4, 0.5) is 4.79 Å². The van der Waals surface area contributed by atoms with E-state index in [0.717, 1.165) is 16.0 Å². The summed E-state index contributed by atoms with van der Waals surface area (Å²) in [5, 5.41) is 12.3. The van der Waals surface area contributed by atoms with Gasteiger partial charge in [-0.2, -0.15) is 0 Å². The zero-order chi connectivity index (χ0) is 23.0. The Morgan fingerprint density at radius 1 is 0.969 bits per heavy atom. The van der Waals surface area contributed by atoms with Gasteiger partial charge in [0.1, 0.15) is 0 Å².